The molecular weight excluding hydrogens is 338 g/mol. The first-order valence-electron chi connectivity index (χ1n) is 8.21. The molecule has 1 saturated carbocycles. The highest BCUT2D eigenvalue weighted by Gasteiger charge is 2.52. The van der Waals surface area contributed by atoms with Crippen LogP contribution in [-0.2, 0) is 19.7 Å². The summed E-state index contributed by atoms with van der Waals surface area (Å²) in [4.78, 5) is 24.5. The number of anilines is 1. The van der Waals surface area contributed by atoms with E-state index < -0.39 is 5.41 Å². The third kappa shape index (κ3) is 3.85. The van der Waals surface area contributed by atoms with Gasteiger partial charge in [0, 0.05) is 10.7 Å². The molecule has 2 aromatic rings. The Bertz CT molecular complexity index is 810. The molecule has 0 aliphatic heterocycles. The summed E-state index contributed by atoms with van der Waals surface area (Å²) in [6.45, 7) is 3.70. The van der Waals surface area contributed by atoms with Crippen LogP contribution >= 0.6 is 11.6 Å². The maximum atomic E-state index is 12.4. The fourth-order valence-corrected chi connectivity index (χ4v) is 2.92. The number of benzene rings is 2. The predicted octanol–water partition coefficient (Wildman–Crippen LogP) is 4.17. The molecule has 2 aromatic carbocycles. The fourth-order valence-electron chi connectivity index (χ4n) is 2.79. The predicted molar refractivity (Wildman–Crippen MR) is 97.9 cm³/mol. The molecule has 4 nitrogen and oxygen atoms in total. The standard InChI is InChI=1S/C20H20ClNO3/c1-13-3-8-17(11-14(13)2)22-18(23)12-25-19(24)20(9-10-20)15-4-6-16(21)7-5-15/h3-8,11H,9-10,12H2,1-2H3,(H,22,23). The average Bonchev–Trinajstić information content (AvgIpc) is 3.38. The van der Waals surface area contributed by atoms with Crippen LogP contribution in [0, 0.1) is 13.8 Å². The Labute approximate surface area is 152 Å². The third-order valence-corrected chi connectivity index (χ3v) is 4.91. The molecule has 1 amide bonds. The number of halogens is 1. The Morgan fingerprint density at radius 2 is 1.76 bits per heavy atom. The molecule has 25 heavy (non-hydrogen) atoms. The Kier molecular flexibility index (Phi) is 4.82. The van der Waals surface area contributed by atoms with Gasteiger partial charge in [0.25, 0.3) is 5.91 Å². The van der Waals surface area contributed by atoms with Gasteiger partial charge in [-0.1, -0.05) is 29.8 Å². The lowest BCUT2D eigenvalue weighted by atomic mass is 9.96. The van der Waals surface area contributed by atoms with Crippen molar-refractivity contribution in [2.75, 3.05) is 11.9 Å². The maximum absolute atomic E-state index is 12.4. The highest BCUT2D eigenvalue weighted by molar-refractivity contribution is 6.30. The molecule has 1 aliphatic carbocycles. The van der Waals surface area contributed by atoms with Crippen molar-refractivity contribution in [3.8, 4) is 0 Å². The molecule has 0 radical (unpaired) electrons. The summed E-state index contributed by atoms with van der Waals surface area (Å²) >= 11 is 5.89. The summed E-state index contributed by atoms with van der Waals surface area (Å²) in [5, 5.41) is 3.38. The number of nitrogens with one attached hydrogen (secondary N) is 1. The van der Waals surface area contributed by atoms with Gasteiger partial charge in [0.2, 0.25) is 0 Å². The summed E-state index contributed by atoms with van der Waals surface area (Å²) in [6.07, 6.45) is 1.46. The minimum atomic E-state index is -0.620. The van der Waals surface area contributed by atoms with Crippen LogP contribution in [0.3, 0.4) is 0 Å². The minimum Gasteiger partial charge on any atom is -0.455 e. The Morgan fingerprint density at radius 1 is 1.08 bits per heavy atom. The fraction of sp³-hybridized carbons (Fsp3) is 0.300. The Balaban J connectivity index is 1.57. The van der Waals surface area contributed by atoms with Crippen molar-refractivity contribution in [3.05, 3.63) is 64.2 Å². The van der Waals surface area contributed by atoms with Gasteiger partial charge in [0.1, 0.15) is 0 Å². The van der Waals surface area contributed by atoms with E-state index in [1.54, 1.807) is 12.1 Å². The lowest BCUT2D eigenvalue weighted by Gasteiger charge is -2.15. The number of ether oxygens (including phenoxy) is 1. The highest BCUT2D eigenvalue weighted by atomic mass is 35.5. The van der Waals surface area contributed by atoms with Crippen molar-refractivity contribution >= 4 is 29.2 Å². The summed E-state index contributed by atoms with van der Waals surface area (Å²) in [7, 11) is 0. The van der Waals surface area contributed by atoms with Crippen LogP contribution in [0.2, 0.25) is 5.02 Å². The number of carbonyl (C=O) groups excluding carboxylic acids is 2. The molecule has 1 aliphatic rings. The first-order valence-corrected chi connectivity index (χ1v) is 8.59. The summed E-state index contributed by atoms with van der Waals surface area (Å²) in [5.74, 6) is -0.700. The second kappa shape index (κ2) is 6.89. The van der Waals surface area contributed by atoms with Crippen molar-refractivity contribution in [3.63, 3.8) is 0 Å². The monoisotopic (exact) mass is 357 g/mol. The van der Waals surface area contributed by atoms with E-state index in [9.17, 15) is 9.59 Å². The second-order valence-electron chi connectivity index (χ2n) is 6.51. The highest BCUT2D eigenvalue weighted by Crippen LogP contribution is 2.49. The lowest BCUT2D eigenvalue weighted by Crippen LogP contribution is -2.28. The summed E-state index contributed by atoms with van der Waals surface area (Å²) in [5.41, 5.74) is 3.21. The Hall–Kier alpha value is -2.33. The average molecular weight is 358 g/mol. The van der Waals surface area contributed by atoms with Gasteiger partial charge >= 0.3 is 5.97 Å². The molecule has 5 heteroatoms. The normalized spacial score (nSPS) is 14.7. The van der Waals surface area contributed by atoms with Crippen LogP contribution in [0.1, 0.15) is 29.5 Å². The van der Waals surface area contributed by atoms with Crippen LogP contribution in [-0.4, -0.2) is 18.5 Å². The summed E-state index contributed by atoms with van der Waals surface area (Å²) in [6, 6.07) is 12.9. The van der Waals surface area contributed by atoms with E-state index in [-0.39, 0.29) is 18.5 Å². The summed E-state index contributed by atoms with van der Waals surface area (Å²) < 4.78 is 5.26. The smallest absolute Gasteiger partial charge is 0.317 e. The van der Waals surface area contributed by atoms with E-state index in [2.05, 4.69) is 5.32 Å². The van der Waals surface area contributed by atoms with Gasteiger partial charge in [0.15, 0.2) is 6.61 Å². The van der Waals surface area contributed by atoms with Crippen LogP contribution in [0.25, 0.3) is 0 Å². The van der Waals surface area contributed by atoms with Crippen molar-refractivity contribution in [2.24, 2.45) is 0 Å². The van der Waals surface area contributed by atoms with E-state index in [0.29, 0.717) is 10.7 Å². The molecule has 0 atom stereocenters. The zero-order valence-corrected chi connectivity index (χ0v) is 15.0. The first-order chi connectivity index (χ1) is 11.9. The van der Waals surface area contributed by atoms with Gasteiger partial charge in [-0.15, -0.1) is 0 Å². The topological polar surface area (TPSA) is 55.4 Å². The van der Waals surface area contributed by atoms with Crippen LogP contribution < -0.4 is 5.32 Å². The first kappa shape index (κ1) is 17.5. The minimum absolute atomic E-state index is 0.291. The molecule has 0 spiro atoms. The molecule has 1 N–H and O–H groups in total. The van der Waals surface area contributed by atoms with Crippen molar-refractivity contribution in [1.82, 2.24) is 0 Å². The number of carbonyl (C=O) groups is 2. The number of esters is 1. The quantitative estimate of drug-likeness (QED) is 0.817. The van der Waals surface area contributed by atoms with Crippen molar-refractivity contribution < 1.29 is 14.3 Å². The molecule has 1 fully saturated rings. The van der Waals surface area contributed by atoms with E-state index >= 15 is 0 Å². The SMILES string of the molecule is Cc1ccc(NC(=O)COC(=O)C2(c3ccc(Cl)cc3)CC2)cc1C. The van der Waals surface area contributed by atoms with Gasteiger partial charge in [-0.25, -0.2) is 0 Å². The zero-order chi connectivity index (χ0) is 18.0. The largest absolute Gasteiger partial charge is 0.455 e. The molecule has 3 rings (SSSR count). The van der Waals surface area contributed by atoms with Gasteiger partial charge in [0.05, 0.1) is 5.41 Å². The van der Waals surface area contributed by atoms with Gasteiger partial charge < -0.3 is 10.1 Å². The molecule has 0 aromatic heterocycles. The van der Waals surface area contributed by atoms with Crippen LogP contribution in [0.4, 0.5) is 5.69 Å². The van der Waals surface area contributed by atoms with E-state index in [1.165, 1.54) is 0 Å². The van der Waals surface area contributed by atoms with Crippen molar-refractivity contribution in [2.45, 2.75) is 32.1 Å². The molecule has 0 bridgehead atoms. The molecular formula is C20H20ClNO3. The second-order valence-corrected chi connectivity index (χ2v) is 6.95. The number of aryl methyl sites for hydroxylation is 2. The van der Waals surface area contributed by atoms with Gasteiger partial charge in [-0.2, -0.15) is 0 Å². The maximum Gasteiger partial charge on any atom is 0.317 e. The zero-order valence-electron chi connectivity index (χ0n) is 14.3. The molecule has 0 heterocycles. The van der Waals surface area contributed by atoms with Crippen molar-refractivity contribution in [1.29, 1.82) is 0 Å². The van der Waals surface area contributed by atoms with Gasteiger partial charge in [-0.05, 0) is 67.6 Å². The molecule has 130 valence electrons. The number of amides is 1. The van der Waals surface area contributed by atoms with E-state index in [1.807, 2.05) is 44.2 Å². The van der Waals surface area contributed by atoms with E-state index in [4.69, 9.17) is 16.3 Å². The molecule has 0 saturated heterocycles. The lowest BCUT2D eigenvalue weighted by molar-refractivity contribution is -0.150. The Morgan fingerprint density at radius 3 is 2.36 bits per heavy atom. The van der Waals surface area contributed by atoms with Crippen LogP contribution in [0.15, 0.2) is 42.5 Å². The third-order valence-electron chi connectivity index (χ3n) is 4.66. The molecule has 0 unspecified atom stereocenters. The van der Waals surface area contributed by atoms with Crippen LogP contribution in [0.5, 0.6) is 0 Å². The number of rotatable bonds is 5. The number of hydrogen-bond acceptors (Lipinski definition) is 3. The van der Waals surface area contributed by atoms with E-state index in [0.717, 1.165) is 29.5 Å². The van der Waals surface area contributed by atoms with Gasteiger partial charge in [-0.3, -0.25) is 9.59 Å². The number of hydrogen-bond donors (Lipinski definition) is 1.